The van der Waals surface area contributed by atoms with E-state index in [0.717, 1.165) is 0 Å². The third-order valence-electron chi connectivity index (χ3n) is 5.15. The summed E-state index contributed by atoms with van der Waals surface area (Å²) >= 11 is 0. The number of hydrogen-bond donors (Lipinski definition) is 7. The van der Waals surface area contributed by atoms with Gasteiger partial charge >= 0.3 is 11.9 Å². The Labute approximate surface area is 200 Å². The van der Waals surface area contributed by atoms with Gasteiger partial charge in [0, 0.05) is 6.42 Å². The minimum Gasteiger partial charge on any atom is -0.481 e. The third-order valence-corrected chi connectivity index (χ3v) is 5.15. The molecule has 0 spiro atoms. The second-order valence-corrected chi connectivity index (χ2v) is 9.14. The summed E-state index contributed by atoms with van der Waals surface area (Å²) in [4.78, 5) is 60.7. The van der Waals surface area contributed by atoms with Gasteiger partial charge in [-0.3, -0.25) is 19.2 Å². The van der Waals surface area contributed by atoms with Gasteiger partial charge in [-0.15, -0.1) is 0 Å². The van der Waals surface area contributed by atoms with Gasteiger partial charge < -0.3 is 37.6 Å². The standard InChI is InChI=1S/C22H41N5O7/c1-12(2)11-14(24)19(30)25-15(7-5-6-10-23)20(31)26-16(8-9-17(28)29)21(32)27-18(13(3)4)22(33)34/h12-16,18H,5-11,23-24H2,1-4H3,(H,25,30)(H,26,31)(H,27,32)(H,28,29)(H,33,34). The molecule has 0 radical (unpaired) electrons. The Morgan fingerprint density at radius 2 is 1.32 bits per heavy atom. The van der Waals surface area contributed by atoms with E-state index in [0.29, 0.717) is 25.8 Å². The Balaban J connectivity index is 5.56. The van der Waals surface area contributed by atoms with Crippen molar-refractivity contribution in [3.8, 4) is 0 Å². The van der Waals surface area contributed by atoms with Crippen LogP contribution < -0.4 is 27.4 Å². The number of carbonyl (C=O) groups is 5. The van der Waals surface area contributed by atoms with E-state index in [9.17, 15) is 29.1 Å². The largest absolute Gasteiger partial charge is 0.481 e. The van der Waals surface area contributed by atoms with Crippen molar-refractivity contribution in [3.05, 3.63) is 0 Å². The molecule has 0 aromatic rings. The third kappa shape index (κ3) is 12.5. The van der Waals surface area contributed by atoms with E-state index in [1.165, 1.54) is 0 Å². The van der Waals surface area contributed by atoms with Crippen LogP contribution in [0.2, 0.25) is 0 Å². The Bertz CT molecular complexity index is 699. The van der Waals surface area contributed by atoms with Crippen molar-refractivity contribution in [2.75, 3.05) is 6.54 Å². The second-order valence-electron chi connectivity index (χ2n) is 9.14. The molecule has 196 valence electrons. The van der Waals surface area contributed by atoms with Crippen LogP contribution in [0.25, 0.3) is 0 Å². The number of nitrogens with two attached hydrogens (primary N) is 2. The minimum atomic E-state index is -1.30. The van der Waals surface area contributed by atoms with Crippen LogP contribution in [0.1, 0.15) is 66.2 Å². The van der Waals surface area contributed by atoms with Crippen molar-refractivity contribution in [3.63, 3.8) is 0 Å². The molecule has 12 nitrogen and oxygen atoms in total. The van der Waals surface area contributed by atoms with Crippen LogP contribution in [0.5, 0.6) is 0 Å². The highest BCUT2D eigenvalue weighted by atomic mass is 16.4. The maximum atomic E-state index is 13.0. The summed E-state index contributed by atoms with van der Waals surface area (Å²) in [6.45, 7) is 7.42. The molecule has 0 saturated heterocycles. The van der Waals surface area contributed by atoms with Gasteiger partial charge in [0.2, 0.25) is 17.7 Å². The van der Waals surface area contributed by atoms with E-state index >= 15 is 0 Å². The SMILES string of the molecule is CC(C)CC(N)C(=O)NC(CCCCN)C(=O)NC(CCC(=O)O)C(=O)NC(C(=O)O)C(C)C. The Hall–Kier alpha value is -2.73. The zero-order valence-electron chi connectivity index (χ0n) is 20.5. The van der Waals surface area contributed by atoms with Gasteiger partial charge in [0.05, 0.1) is 6.04 Å². The molecule has 4 atom stereocenters. The number of carbonyl (C=O) groups excluding carboxylic acids is 3. The number of carboxylic acid groups (broad SMARTS) is 2. The fraction of sp³-hybridized carbons (Fsp3) is 0.773. The summed E-state index contributed by atoms with van der Waals surface area (Å²) in [5.74, 6) is -4.74. The highest BCUT2D eigenvalue weighted by Crippen LogP contribution is 2.08. The van der Waals surface area contributed by atoms with E-state index in [2.05, 4.69) is 16.0 Å². The van der Waals surface area contributed by atoms with Crippen molar-refractivity contribution < 1.29 is 34.2 Å². The molecule has 0 saturated carbocycles. The lowest BCUT2D eigenvalue weighted by Gasteiger charge is -2.26. The van der Waals surface area contributed by atoms with Gasteiger partial charge in [-0.05, 0) is 50.5 Å². The molecule has 3 amide bonds. The molecular formula is C22H41N5O7. The Morgan fingerprint density at radius 3 is 1.79 bits per heavy atom. The van der Waals surface area contributed by atoms with Crippen molar-refractivity contribution in [2.24, 2.45) is 23.3 Å². The molecule has 0 rings (SSSR count). The van der Waals surface area contributed by atoms with Gasteiger partial charge in [0.15, 0.2) is 0 Å². The monoisotopic (exact) mass is 487 g/mol. The summed E-state index contributed by atoms with van der Waals surface area (Å²) in [6, 6.07) is -4.36. The number of carboxylic acids is 2. The van der Waals surface area contributed by atoms with E-state index in [-0.39, 0.29) is 18.8 Å². The quantitative estimate of drug-likeness (QED) is 0.132. The van der Waals surface area contributed by atoms with Crippen LogP contribution >= 0.6 is 0 Å². The lowest BCUT2D eigenvalue weighted by molar-refractivity contribution is -0.144. The van der Waals surface area contributed by atoms with Crippen LogP contribution in [-0.4, -0.2) is 70.6 Å². The number of aliphatic carboxylic acids is 2. The van der Waals surface area contributed by atoms with Crippen molar-refractivity contribution in [2.45, 2.75) is 90.4 Å². The first-order chi connectivity index (χ1) is 15.8. The number of unbranched alkanes of at least 4 members (excludes halogenated alkanes) is 1. The predicted molar refractivity (Wildman–Crippen MR) is 125 cm³/mol. The first-order valence-electron chi connectivity index (χ1n) is 11.6. The Kier molecular flexibility index (Phi) is 14.7. The van der Waals surface area contributed by atoms with E-state index in [1.807, 2.05) is 13.8 Å². The summed E-state index contributed by atoms with van der Waals surface area (Å²) in [5, 5.41) is 25.8. The molecule has 0 fully saturated rings. The second kappa shape index (κ2) is 16.0. The molecular weight excluding hydrogens is 446 g/mol. The molecule has 0 aromatic carbocycles. The van der Waals surface area contributed by atoms with Crippen LogP contribution in [0, 0.1) is 11.8 Å². The molecule has 9 N–H and O–H groups in total. The summed E-state index contributed by atoms with van der Waals surface area (Å²) < 4.78 is 0. The number of nitrogens with one attached hydrogen (secondary N) is 3. The number of amides is 3. The smallest absolute Gasteiger partial charge is 0.326 e. The molecule has 0 aliphatic heterocycles. The van der Waals surface area contributed by atoms with Crippen molar-refractivity contribution in [1.82, 2.24) is 16.0 Å². The molecule has 12 heteroatoms. The fourth-order valence-electron chi connectivity index (χ4n) is 3.23. The topological polar surface area (TPSA) is 214 Å². The molecule has 4 unspecified atom stereocenters. The molecule has 34 heavy (non-hydrogen) atoms. The van der Waals surface area contributed by atoms with Crippen LogP contribution in [0.15, 0.2) is 0 Å². The van der Waals surface area contributed by atoms with Crippen LogP contribution in [0.4, 0.5) is 0 Å². The summed E-state index contributed by atoms with van der Waals surface area (Å²) in [6.07, 6.45) is 1.09. The zero-order valence-corrected chi connectivity index (χ0v) is 20.5. The van der Waals surface area contributed by atoms with Gasteiger partial charge in [-0.1, -0.05) is 27.7 Å². The van der Waals surface area contributed by atoms with Crippen molar-refractivity contribution in [1.29, 1.82) is 0 Å². The highest BCUT2D eigenvalue weighted by Gasteiger charge is 2.31. The average Bonchev–Trinajstić information content (AvgIpc) is 2.72. The summed E-state index contributed by atoms with van der Waals surface area (Å²) in [5.41, 5.74) is 11.4. The number of rotatable bonds is 17. The fourth-order valence-corrected chi connectivity index (χ4v) is 3.23. The summed E-state index contributed by atoms with van der Waals surface area (Å²) in [7, 11) is 0. The molecule has 0 aliphatic carbocycles. The number of hydrogen-bond acceptors (Lipinski definition) is 7. The molecule has 0 heterocycles. The van der Waals surface area contributed by atoms with E-state index in [4.69, 9.17) is 16.6 Å². The van der Waals surface area contributed by atoms with E-state index < -0.39 is 66.2 Å². The molecule has 0 bridgehead atoms. The first kappa shape index (κ1) is 31.3. The first-order valence-corrected chi connectivity index (χ1v) is 11.6. The van der Waals surface area contributed by atoms with E-state index in [1.54, 1.807) is 13.8 Å². The molecule has 0 aromatic heterocycles. The average molecular weight is 488 g/mol. The highest BCUT2D eigenvalue weighted by molar-refractivity contribution is 5.94. The van der Waals surface area contributed by atoms with Crippen LogP contribution in [0.3, 0.4) is 0 Å². The predicted octanol–water partition coefficient (Wildman–Crippen LogP) is -0.451. The Morgan fingerprint density at radius 1 is 0.794 bits per heavy atom. The van der Waals surface area contributed by atoms with Crippen LogP contribution in [-0.2, 0) is 24.0 Å². The van der Waals surface area contributed by atoms with Gasteiger partial charge in [-0.25, -0.2) is 4.79 Å². The minimum absolute atomic E-state index is 0.164. The van der Waals surface area contributed by atoms with Gasteiger partial charge in [0.25, 0.3) is 0 Å². The maximum absolute atomic E-state index is 13.0. The van der Waals surface area contributed by atoms with Crippen molar-refractivity contribution >= 4 is 29.7 Å². The molecule has 0 aliphatic rings. The van der Waals surface area contributed by atoms with Gasteiger partial charge in [0.1, 0.15) is 18.1 Å². The zero-order chi connectivity index (χ0) is 26.4. The van der Waals surface area contributed by atoms with Gasteiger partial charge in [-0.2, -0.15) is 0 Å². The normalized spacial score (nSPS) is 14.7. The maximum Gasteiger partial charge on any atom is 0.326 e. The lowest BCUT2D eigenvalue weighted by Crippen LogP contribution is -2.57. The lowest BCUT2D eigenvalue weighted by atomic mass is 10.0.